The molecule has 1 aliphatic heterocycles. The fraction of sp³-hybridized carbons (Fsp3) is 0.900. The van der Waals surface area contributed by atoms with E-state index in [0.29, 0.717) is 12.1 Å². The van der Waals surface area contributed by atoms with E-state index in [0.717, 1.165) is 13.0 Å². The highest BCUT2D eigenvalue weighted by molar-refractivity contribution is 5.79. The van der Waals surface area contributed by atoms with Crippen LogP contribution in [0, 0.1) is 5.92 Å². The molecule has 3 atom stereocenters. The van der Waals surface area contributed by atoms with E-state index in [-0.39, 0.29) is 11.8 Å². The van der Waals surface area contributed by atoms with Crippen LogP contribution in [-0.2, 0) is 4.79 Å². The summed E-state index contributed by atoms with van der Waals surface area (Å²) >= 11 is 0. The first-order valence-corrected chi connectivity index (χ1v) is 5.31. The number of rotatable bonds is 0. The molecule has 2 rings (SSSR count). The molecule has 1 saturated heterocycles. The van der Waals surface area contributed by atoms with Crippen molar-refractivity contribution in [3.63, 3.8) is 0 Å². The van der Waals surface area contributed by atoms with Gasteiger partial charge >= 0.3 is 0 Å². The Hall–Kier alpha value is -0.570. The largest absolute Gasteiger partial charge is 0.354 e. The quantitative estimate of drug-likeness (QED) is 0.577. The highest BCUT2D eigenvalue weighted by atomic mass is 16.2. The molecule has 3 heteroatoms. The van der Waals surface area contributed by atoms with Crippen LogP contribution in [0.15, 0.2) is 0 Å². The Morgan fingerprint density at radius 1 is 1.31 bits per heavy atom. The molecule has 1 aliphatic carbocycles. The van der Waals surface area contributed by atoms with Crippen LogP contribution in [0.25, 0.3) is 0 Å². The van der Waals surface area contributed by atoms with E-state index in [2.05, 4.69) is 17.6 Å². The Labute approximate surface area is 79.3 Å². The first-order chi connectivity index (χ1) is 6.27. The third-order valence-corrected chi connectivity index (χ3v) is 3.18. The van der Waals surface area contributed by atoms with Gasteiger partial charge in [-0.3, -0.25) is 4.79 Å². The molecule has 0 spiro atoms. The lowest BCUT2D eigenvalue weighted by Gasteiger charge is -2.29. The van der Waals surface area contributed by atoms with Gasteiger partial charge in [-0.05, 0) is 19.8 Å². The molecule has 0 aromatic heterocycles. The minimum absolute atomic E-state index is 0.235. The van der Waals surface area contributed by atoms with Gasteiger partial charge in [0.2, 0.25) is 5.91 Å². The van der Waals surface area contributed by atoms with Gasteiger partial charge in [0.05, 0.1) is 5.92 Å². The molecule has 1 saturated carbocycles. The van der Waals surface area contributed by atoms with Crippen LogP contribution in [0.1, 0.15) is 32.6 Å². The molecule has 1 amide bonds. The first-order valence-electron chi connectivity index (χ1n) is 5.31. The molecule has 1 heterocycles. The average molecular weight is 182 g/mol. The standard InChI is InChI=1S/C10H18N2O/c1-7-6-11-10(13)8-4-2-3-5-9(8)12-7/h7-9,12H,2-6H2,1H3,(H,11,13). The predicted molar refractivity (Wildman–Crippen MR) is 51.4 cm³/mol. The van der Waals surface area contributed by atoms with Gasteiger partial charge < -0.3 is 10.6 Å². The van der Waals surface area contributed by atoms with Gasteiger partial charge in [-0.25, -0.2) is 0 Å². The highest BCUT2D eigenvalue weighted by Gasteiger charge is 2.33. The van der Waals surface area contributed by atoms with E-state index in [1.165, 1.54) is 19.3 Å². The molecule has 74 valence electrons. The van der Waals surface area contributed by atoms with Crippen molar-refractivity contribution in [2.75, 3.05) is 6.54 Å². The lowest BCUT2D eigenvalue weighted by atomic mass is 9.84. The maximum absolute atomic E-state index is 11.6. The number of nitrogens with one attached hydrogen (secondary N) is 2. The number of hydrogen-bond acceptors (Lipinski definition) is 2. The molecule has 13 heavy (non-hydrogen) atoms. The van der Waals surface area contributed by atoms with Crippen LogP contribution in [0.3, 0.4) is 0 Å². The number of fused-ring (bicyclic) bond motifs is 1. The second-order valence-corrected chi connectivity index (χ2v) is 4.31. The van der Waals surface area contributed by atoms with E-state index in [9.17, 15) is 4.79 Å². The molecule has 2 aliphatic rings. The maximum atomic E-state index is 11.6. The summed E-state index contributed by atoms with van der Waals surface area (Å²) in [7, 11) is 0. The topological polar surface area (TPSA) is 41.1 Å². The third-order valence-electron chi connectivity index (χ3n) is 3.18. The first kappa shape index (κ1) is 9.00. The minimum atomic E-state index is 0.235. The highest BCUT2D eigenvalue weighted by Crippen LogP contribution is 2.25. The molecule has 0 aromatic rings. The van der Waals surface area contributed by atoms with E-state index in [4.69, 9.17) is 0 Å². The zero-order chi connectivity index (χ0) is 9.26. The number of amides is 1. The van der Waals surface area contributed by atoms with E-state index in [1.807, 2.05) is 0 Å². The minimum Gasteiger partial charge on any atom is -0.354 e. The van der Waals surface area contributed by atoms with Crippen molar-refractivity contribution in [2.24, 2.45) is 5.92 Å². The number of carbonyl (C=O) groups excluding carboxylic acids is 1. The van der Waals surface area contributed by atoms with Crippen molar-refractivity contribution < 1.29 is 4.79 Å². The second kappa shape index (κ2) is 3.66. The van der Waals surface area contributed by atoms with Gasteiger partial charge in [-0.15, -0.1) is 0 Å². The second-order valence-electron chi connectivity index (χ2n) is 4.31. The van der Waals surface area contributed by atoms with Crippen molar-refractivity contribution >= 4 is 5.91 Å². The Balaban J connectivity index is 2.09. The van der Waals surface area contributed by atoms with Crippen molar-refractivity contribution in [2.45, 2.75) is 44.7 Å². The fourth-order valence-corrected chi connectivity index (χ4v) is 2.45. The third kappa shape index (κ3) is 1.85. The van der Waals surface area contributed by atoms with E-state index >= 15 is 0 Å². The molecular weight excluding hydrogens is 164 g/mol. The molecule has 2 fully saturated rings. The normalized spacial score (nSPS) is 40.4. The Kier molecular flexibility index (Phi) is 2.54. The Bertz CT molecular complexity index is 205. The van der Waals surface area contributed by atoms with Gasteiger partial charge in [-0.2, -0.15) is 0 Å². The molecular formula is C10H18N2O. The van der Waals surface area contributed by atoms with Crippen molar-refractivity contribution in [3.05, 3.63) is 0 Å². The van der Waals surface area contributed by atoms with Crippen molar-refractivity contribution in [3.8, 4) is 0 Å². The van der Waals surface area contributed by atoms with Crippen LogP contribution in [0.2, 0.25) is 0 Å². The zero-order valence-corrected chi connectivity index (χ0v) is 8.18. The summed E-state index contributed by atoms with van der Waals surface area (Å²) in [5.41, 5.74) is 0. The summed E-state index contributed by atoms with van der Waals surface area (Å²) in [4.78, 5) is 11.6. The van der Waals surface area contributed by atoms with E-state index < -0.39 is 0 Å². The van der Waals surface area contributed by atoms with Crippen LogP contribution >= 0.6 is 0 Å². The lowest BCUT2D eigenvalue weighted by molar-refractivity contribution is -0.126. The van der Waals surface area contributed by atoms with Crippen LogP contribution in [0.4, 0.5) is 0 Å². The van der Waals surface area contributed by atoms with Gasteiger partial charge in [0.1, 0.15) is 0 Å². The van der Waals surface area contributed by atoms with E-state index in [1.54, 1.807) is 0 Å². The Morgan fingerprint density at radius 2 is 2.08 bits per heavy atom. The van der Waals surface area contributed by atoms with Crippen LogP contribution in [0.5, 0.6) is 0 Å². The predicted octanol–water partition coefficient (Wildman–Crippen LogP) is 0.653. The summed E-state index contributed by atoms with van der Waals surface area (Å²) < 4.78 is 0. The number of carbonyl (C=O) groups is 1. The molecule has 0 bridgehead atoms. The van der Waals surface area contributed by atoms with Gasteiger partial charge in [0, 0.05) is 18.6 Å². The van der Waals surface area contributed by atoms with Crippen molar-refractivity contribution in [1.82, 2.24) is 10.6 Å². The summed E-state index contributed by atoms with van der Waals surface area (Å²) in [6.45, 7) is 2.92. The smallest absolute Gasteiger partial charge is 0.224 e. The fourth-order valence-electron chi connectivity index (χ4n) is 2.45. The van der Waals surface area contributed by atoms with Gasteiger partial charge in [-0.1, -0.05) is 12.8 Å². The Morgan fingerprint density at radius 3 is 2.92 bits per heavy atom. The monoisotopic (exact) mass is 182 g/mol. The SMILES string of the molecule is CC1CNC(=O)C2CCCCC2N1. The van der Waals surface area contributed by atoms with Crippen LogP contribution in [-0.4, -0.2) is 24.5 Å². The lowest BCUT2D eigenvalue weighted by Crippen LogP contribution is -2.43. The van der Waals surface area contributed by atoms with Gasteiger partial charge in [0.25, 0.3) is 0 Å². The molecule has 3 nitrogen and oxygen atoms in total. The van der Waals surface area contributed by atoms with Gasteiger partial charge in [0.15, 0.2) is 0 Å². The molecule has 0 radical (unpaired) electrons. The van der Waals surface area contributed by atoms with Crippen molar-refractivity contribution in [1.29, 1.82) is 0 Å². The molecule has 0 aromatic carbocycles. The average Bonchev–Trinajstić information content (AvgIpc) is 2.27. The molecule has 3 unspecified atom stereocenters. The number of hydrogen-bond donors (Lipinski definition) is 2. The zero-order valence-electron chi connectivity index (χ0n) is 8.18. The summed E-state index contributed by atoms with van der Waals surface area (Å²) in [5.74, 6) is 0.500. The maximum Gasteiger partial charge on any atom is 0.224 e. The summed E-state index contributed by atoms with van der Waals surface area (Å²) in [6, 6.07) is 0.864. The van der Waals surface area contributed by atoms with Crippen LogP contribution < -0.4 is 10.6 Å². The molecule has 2 N–H and O–H groups in total. The summed E-state index contributed by atoms with van der Waals surface area (Å²) in [5, 5.41) is 6.52. The summed E-state index contributed by atoms with van der Waals surface area (Å²) in [6.07, 6.45) is 4.72.